The van der Waals surface area contributed by atoms with Crippen LogP contribution in [0.25, 0.3) is 22.3 Å². The predicted molar refractivity (Wildman–Crippen MR) is 72.9 cm³/mol. The van der Waals surface area contributed by atoms with Gasteiger partial charge < -0.3 is 9.15 Å². The highest BCUT2D eigenvalue weighted by atomic mass is 16.5. The Bertz CT molecular complexity index is 767. The molecule has 0 unspecified atom stereocenters. The van der Waals surface area contributed by atoms with Gasteiger partial charge in [0.15, 0.2) is 5.76 Å². The molecule has 2 aromatic carbocycles. The molecule has 0 radical (unpaired) electrons. The zero-order chi connectivity index (χ0) is 13.2. The number of hydrogen-bond acceptors (Lipinski definition) is 3. The molecule has 3 heteroatoms. The van der Waals surface area contributed by atoms with E-state index < -0.39 is 0 Å². The number of rotatable bonds is 2. The summed E-state index contributed by atoms with van der Waals surface area (Å²) in [4.78, 5) is 0. The fourth-order valence-electron chi connectivity index (χ4n) is 2.11. The van der Waals surface area contributed by atoms with Crippen LogP contribution in [0.1, 0.15) is 5.56 Å². The molecule has 1 heterocycles. The summed E-state index contributed by atoms with van der Waals surface area (Å²) in [7, 11) is 1.60. The van der Waals surface area contributed by atoms with Crippen LogP contribution in [0.3, 0.4) is 0 Å². The second kappa shape index (κ2) is 4.51. The zero-order valence-corrected chi connectivity index (χ0v) is 10.4. The van der Waals surface area contributed by atoms with Crippen molar-refractivity contribution in [1.29, 1.82) is 5.26 Å². The minimum atomic E-state index is 0.542. The van der Waals surface area contributed by atoms with E-state index in [0.29, 0.717) is 22.7 Å². The van der Waals surface area contributed by atoms with E-state index in [2.05, 4.69) is 6.07 Å². The van der Waals surface area contributed by atoms with Gasteiger partial charge in [0, 0.05) is 10.9 Å². The number of furan rings is 1. The van der Waals surface area contributed by atoms with Gasteiger partial charge in [0.25, 0.3) is 0 Å². The fourth-order valence-corrected chi connectivity index (χ4v) is 2.11. The SMILES string of the molecule is COc1ccc2oc(-c3ccccc3)c(C#N)c2c1. The fraction of sp³-hybridized carbons (Fsp3) is 0.0625. The van der Waals surface area contributed by atoms with E-state index in [9.17, 15) is 5.26 Å². The van der Waals surface area contributed by atoms with Crippen molar-refractivity contribution >= 4 is 11.0 Å². The Kier molecular flexibility index (Phi) is 2.70. The number of methoxy groups -OCH3 is 1. The Labute approximate surface area is 110 Å². The number of benzene rings is 2. The molecule has 0 N–H and O–H groups in total. The molecule has 0 aliphatic carbocycles. The van der Waals surface area contributed by atoms with Crippen molar-refractivity contribution in [2.24, 2.45) is 0 Å². The van der Waals surface area contributed by atoms with Crippen molar-refractivity contribution in [2.45, 2.75) is 0 Å². The highest BCUT2D eigenvalue weighted by Gasteiger charge is 2.15. The van der Waals surface area contributed by atoms with Crippen LogP contribution in [0.5, 0.6) is 5.75 Å². The number of nitrogens with zero attached hydrogens (tertiary/aromatic N) is 1. The Morgan fingerprint density at radius 2 is 1.89 bits per heavy atom. The van der Waals surface area contributed by atoms with Crippen LogP contribution < -0.4 is 4.74 Å². The lowest BCUT2D eigenvalue weighted by Crippen LogP contribution is -1.82. The largest absolute Gasteiger partial charge is 0.497 e. The van der Waals surface area contributed by atoms with Gasteiger partial charge in [-0.25, -0.2) is 0 Å². The molecule has 92 valence electrons. The lowest BCUT2D eigenvalue weighted by atomic mass is 10.1. The van der Waals surface area contributed by atoms with E-state index in [4.69, 9.17) is 9.15 Å². The summed E-state index contributed by atoms with van der Waals surface area (Å²) in [6.07, 6.45) is 0. The average molecular weight is 249 g/mol. The number of fused-ring (bicyclic) bond motifs is 1. The van der Waals surface area contributed by atoms with Crippen molar-refractivity contribution in [3.05, 3.63) is 54.1 Å². The van der Waals surface area contributed by atoms with E-state index in [0.717, 1.165) is 10.9 Å². The van der Waals surface area contributed by atoms with Crippen LogP contribution in [0, 0.1) is 11.3 Å². The van der Waals surface area contributed by atoms with E-state index >= 15 is 0 Å². The third-order valence-electron chi connectivity index (χ3n) is 3.04. The lowest BCUT2D eigenvalue weighted by Gasteiger charge is -1.97. The molecule has 0 atom stereocenters. The zero-order valence-electron chi connectivity index (χ0n) is 10.4. The van der Waals surface area contributed by atoms with Crippen LogP contribution in [0.2, 0.25) is 0 Å². The molecule has 3 nitrogen and oxygen atoms in total. The van der Waals surface area contributed by atoms with Gasteiger partial charge in [0.05, 0.1) is 7.11 Å². The Hall–Kier alpha value is -2.73. The van der Waals surface area contributed by atoms with Crippen LogP contribution in [-0.4, -0.2) is 7.11 Å². The Balaban J connectivity index is 2.30. The van der Waals surface area contributed by atoms with Crippen LogP contribution in [0.15, 0.2) is 52.9 Å². The van der Waals surface area contributed by atoms with E-state index in [1.54, 1.807) is 7.11 Å². The molecule has 0 spiro atoms. The van der Waals surface area contributed by atoms with Crippen LogP contribution in [-0.2, 0) is 0 Å². The average Bonchev–Trinajstić information content (AvgIpc) is 2.85. The topological polar surface area (TPSA) is 46.2 Å². The van der Waals surface area contributed by atoms with Gasteiger partial charge in [0.2, 0.25) is 0 Å². The maximum Gasteiger partial charge on any atom is 0.153 e. The Morgan fingerprint density at radius 3 is 2.58 bits per heavy atom. The number of ether oxygens (including phenoxy) is 1. The van der Waals surface area contributed by atoms with E-state index in [1.807, 2.05) is 48.5 Å². The van der Waals surface area contributed by atoms with Gasteiger partial charge in [-0.1, -0.05) is 30.3 Å². The normalized spacial score (nSPS) is 10.3. The molecule has 0 aliphatic rings. The third kappa shape index (κ3) is 1.84. The molecule has 3 aromatic rings. The smallest absolute Gasteiger partial charge is 0.153 e. The van der Waals surface area contributed by atoms with E-state index in [-0.39, 0.29) is 0 Å². The molecule has 19 heavy (non-hydrogen) atoms. The highest BCUT2D eigenvalue weighted by Crippen LogP contribution is 2.34. The first-order valence-corrected chi connectivity index (χ1v) is 5.89. The minimum absolute atomic E-state index is 0.542. The molecule has 0 bridgehead atoms. The van der Waals surface area contributed by atoms with Gasteiger partial charge in [-0.15, -0.1) is 0 Å². The first kappa shape index (κ1) is 11.4. The minimum Gasteiger partial charge on any atom is -0.497 e. The first-order valence-electron chi connectivity index (χ1n) is 5.89. The first-order chi connectivity index (χ1) is 9.33. The summed E-state index contributed by atoms with van der Waals surface area (Å²) in [5, 5.41) is 10.2. The maximum absolute atomic E-state index is 9.38. The summed E-state index contributed by atoms with van der Waals surface area (Å²) < 4.78 is 11.0. The van der Waals surface area contributed by atoms with Gasteiger partial charge in [-0.2, -0.15) is 5.26 Å². The standard InChI is InChI=1S/C16H11NO2/c1-18-12-7-8-15-13(9-12)14(10-17)16(19-15)11-5-3-2-4-6-11/h2-9H,1H3. The second-order valence-corrected chi connectivity index (χ2v) is 4.15. The van der Waals surface area contributed by atoms with Gasteiger partial charge in [-0.05, 0) is 18.2 Å². The van der Waals surface area contributed by atoms with Crippen molar-refractivity contribution < 1.29 is 9.15 Å². The molecule has 0 saturated heterocycles. The predicted octanol–water partition coefficient (Wildman–Crippen LogP) is 3.98. The van der Waals surface area contributed by atoms with Crippen molar-refractivity contribution in [2.75, 3.05) is 7.11 Å². The molecule has 0 fully saturated rings. The maximum atomic E-state index is 9.38. The Morgan fingerprint density at radius 1 is 1.11 bits per heavy atom. The summed E-state index contributed by atoms with van der Waals surface area (Å²) in [5.74, 6) is 1.32. The summed E-state index contributed by atoms with van der Waals surface area (Å²) in [6.45, 7) is 0. The van der Waals surface area contributed by atoms with Crippen LogP contribution >= 0.6 is 0 Å². The van der Waals surface area contributed by atoms with Gasteiger partial charge >= 0.3 is 0 Å². The molecular formula is C16H11NO2. The van der Waals surface area contributed by atoms with E-state index in [1.165, 1.54) is 0 Å². The van der Waals surface area contributed by atoms with Crippen molar-refractivity contribution in [3.8, 4) is 23.1 Å². The molecule has 1 aromatic heterocycles. The van der Waals surface area contributed by atoms with Crippen molar-refractivity contribution in [1.82, 2.24) is 0 Å². The van der Waals surface area contributed by atoms with Crippen LogP contribution in [0.4, 0.5) is 0 Å². The lowest BCUT2D eigenvalue weighted by molar-refractivity contribution is 0.415. The molecule has 0 aliphatic heterocycles. The quantitative estimate of drug-likeness (QED) is 0.690. The number of hydrogen-bond donors (Lipinski definition) is 0. The summed E-state index contributed by atoms with van der Waals surface area (Å²) in [6, 6.07) is 17.3. The molecule has 3 rings (SSSR count). The van der Waals surface area contributed by atoms with Gasteiger partial charge in [-0.3, -0.25) is 0 Å². The molecular weight excluding hydrogens is 238 g/mol. The highest BCUT2D eigenvalue weighted by molar-refractivity contribution is 5.91. The summed E-state index contributed by atoms with van der Waals surface area (Å²) >= 11 is 0. The monoisotopic (exact) mass is 249 g/mol. The molecule has 0 amide bonds. The van der Waals surface area contributed by atoms with Crippen molar-refractivity contribution in [3.63, 3.8) is 0 Å². The molecule has 0 saturated carbocycles. The van der Waals surface area contributed by atoms with Gasteiger partial charge in [0.1, 0.15) is 23.0 Å². The summed E-state index contributed by atoms with van der Waals surface area (Å²) in [5.41, 5.74) is 2.13. The third-order valence-corrected chi connectivity index (χ3v) is 3.04. The second-order valence-electron chi connectivity index (χ2n) is 4.15. The number of nitriles is 1.